The van der Waals surface area contributed by atoms with E-state index in [2.05, 4.69) is 22.8 Å². The summed E-state index contributed by atoms with van der Waals surface area (Å²) in [5.74, 6) is -0.144. The molecule has 3 rings (SSSR count). The fourth-order valence-corrected chi connectivity index (χ4v) is 3.09. The molecule has 2 N–H and O–H groups in total. The first-order valence-electron chi connectivity index (χ1n) is 7.60. The normalized spacial score (nSPS) is 14.8. The second-order valence-electron chi connectivity index (χ2n) is 5.41. The van der Waals surface area contributed by atoms with Crippen LogP contribution >= 0.6 is 12.2 Å². The lowest BCUT2D eigenvalue weighted by Crippen LogP contribution is -2.33. The van der Waals surface area contributed by atoms with Crippen LogP contribution in [0.5, 0.6) is 0 Å². The van der Waals surface area contributed by atoms with E-state index in [9.17, 15) is 4.79 Å². The minimum Gasteiger partial charge on any atom is -0.354 e. The smallest absolute Gasteiger partial charge is 0.267 e. The van der Waals surface area contributed by atoms with Gasteiger partial charge in [-0.25, -0.2) is 0 Å². The lowest BCUT2D eigenvalue weighted by Gasteiger charge is -2.15. The lowest BCUT2D eigenvalue weighted by molar-refractivity contribution is -0.117. The first-order valence-corrected chi connectivity index (χ1v) is 8.01. The highest BCUT2D eigenvalue weighted by atomic mass is 32.1. The number of benzene rings is 2. The topological polar surface area (TPSA) is 41.1 Å². The third-order valence-corrected chi connectivity index (χ3v) is 4.35. The average Bonchev–Trinajstić information content (AvgIpc) is 3.03. The number of allylic oxidation sites excluding steroid dienone is 1. The van der Waals surface area contributed by atoms with Crippen LogP contribution in [-0.4, -0.2) is 17.9 Å². The van der Waals surface area contributed by atoms with E-state index in [0.717, 1.165) is 29.5 Å². The van der Waals surface area contributed by atoms with Crippen molar-refractivity contribution in [1.82, 2.24) is 10.6 Å². The zero-order valence-corrected chi connectivity index (χ0v) is 13.7. The van der Waals surface area contributed by atoms with Crippen LogP contribution < -0.4 is 10.6 Å². The monoisotopic (exact) mass is 322 g/mol. The minimum absolute atomic E-state index is 0.144. The van der Waals surface area contributed by atoms with Gasteiger partial charge in [-0.15, -0.1) is 0 Å². The standard InChI is InChI=1S/C19H18N2OS/c1-20-18(22)17(21-19(23)14-8-3-2-4-9-14)16-12-11-13-7-5-6-10-15(13)16/h2-10H,11-12H2,1H3,(H,20,22)(H,21,23)/b17-16-. The molecule has 0 atom stereocenters. The largest absolute Gasteiger partial charge is 0.354 e. The summed E-state index contributed by atoms with van der Waals surface area (Å²) >= 11 is 5.47. The Morgan fingerprint density at radius 3 is 2.43 bits per heavy atom. The molecule has 116 valence electrons. The molecule has 0 radical (unpaired) electrons. The van der Waals surface area contributed by atoms with Gasteiger partial charge in [-0.1, -0.05) is 66.8 Å². The molecule has 1 amide bonds. The van der Waals surface area contributed by atoms with Crippen molar-refractivity contribution in [3.63, 3.8) is 0 Å². The highest BCUT2D eigenvalue weighted by molar-refractivity contribution is 7.80. The number of nitrogens with one attached hydrogen (secondary N) is 2. The van der Waals surface area contributed by atoms with Crippen LogP contribution in [0.2, 0.25) is 0 Å². The molecule has 1 aliphatic carbocycles. The summed E-state index contributed by atoms with van der Waals surface area (Å²) in [6.07, 6.45) is 1.79. The summed E-state index contributed by atoms with van der Waals surface area (Å²) in [5, 5.41) is 5.88. The third kappa shape index (κ3) is 3.17. The molecule has 1 aliphatic rings. The highest BCUT2D eigenvalue weighted by Gasteiger charge is 2.23. The van der Waals surface area contributed by atoms with Crippen LogP contribution in [0, 0.1) is 0 Å². The summed E-state index contributed by atoms with van der Waals surface area (Å²) in [7, 11) is 1.64. The van der Waals surface area contributed by atoms with Gasteiger partial charge >= 0.3 is 0 Å². The molecule has 0 spiro atoms. The maximum absolute atomic E-state index is 12.4. The number of carbonyl (C=O) groups is 1. The molecule has 2 aromatic rings. The summed E-state index contributed by atoms with van der Waals surface area (Å²) < 4.78 is 0. The van der Waals surface area contributed by atoms with Crippen molar-refractivity contribution in [2.24, 2.45) is 0 Å². The van der Waals surface area contributed by atoms with Crippen LogP contribution in [0.3, 0.4) is 0 Å². The third-order valence-electron chi connectivity index (χ3n) is 4.02. The Bertz CT molecular complexity index is 781. The molecular weight excluding hydrogens is 304 g/mol. The molecule has 0 saturated carbocycles. The highest BCUT2D eigenvalue weighted by Crippen LogP contribution is 2.33. The van der Waals surface area contributed by atoms with Crippen LogP contribution in [-0.2, 0) is 11.2 Å². The number of aryl methyl sites for hydroxylation is 1. The summed E-state index contributed by atoms with van der Waals surface area (Å²) in [6.45, 7) is 0. The number of carbonyl (C=O) groups excluding carboxylic acids is 1. The van der Waals surface area contributed by atoms with E-state index in [0.29, 0.717) is 10.7 Å². The molecule has 0 aromatic heterocycles. The van der Waals surface area contributed by atoms with Crippen LogP contribution in [0.25, 0.3) is 5.57 Å². The number of fused-ring (bicyclic) bond motifs is 1. The van der Waals surface area contributed by atoms with Gasteiger partial charge in [0.25, 0.3) is 5.91 Å². The van der Waals surface area contributed by atoms with Crippen molar-refractivity contribution in [3.8, 4) is 0 Å². The number of likely N-dealkylation sites (N-methyl/N-ethyl adjacent to an activating group) is 1. The van der Waals surface area contributed by atoms with Crippen molar-refractivity contribution >= 4 is 28.7 Å². The van der Waals surface area contributed by atoms with Crippen molar-refractivity contribution in [2.45, 2.75) is 12.8 Å². The van der Waals surface area contributed by atoms with Gasteiger partial charge in [-0.2, -0.15) is 0 Å². The molecule has 0 saturated heterocycles. The minimum atomic E-state index is -0.144. The summed E-state index contributed by atoms with van der Waals surface area (Å²) in [5.41, 5.74) is 4.88. The number of hydrogen-bond acceptors (Lipinski definition) is 2. The molecule has 0 aliphatic heterocycles. The number of thiocarbonyl (C=S) groups is 1. The van der Waals surface area contributed by atoms with Gasteiger partial charge in [0.2, 0.25) is 0 Å². The fraction of sp³-hybridized carbons (Fsp3) is 0.158. The Hall–Kier alpha value is -2.46. The number of hydrogen-bond donors (Lipinski definition) is 2. The first kappa shape index (κ1) is 15.4. The van der Waals surface area contributed by atoms with Crippen LogP contribution in [0.15, 0.2) is 60.3 Å². The molecule has 0 fully saturated rings. The van der Waals surface area contributed by atoms with Gasteiger partial charge in [0.1, 0.15) is 10.7 Å². The van der Waals surface area contributed by atoms with Gasteiger partial charge in [-0.3, -0.25) is 4.79 Å². The van der Waals surface area contributed by atoms with Crippen molar-refractivity contribution in [3.05, 3.63) is 77.0 Å². The van der Waals surface area contributed by atoms with Crippen molar-refractivity contribution in [1.29, 1.82) is 0 Å². The van der Waals surface area contributed by atoms with Gasteiger partial charge in [0, 0.05) is 12.6 Å². The molecule has 0 unspecified atom stereocenters. The molecular formula is C19H18N2OS. The van der Waals surface area contributed by atoms with Gasteiger partial charge < -0.3 is 10.6 Å². The molecule has 0 heterocycles. The molecule has 4 heteroatoms. The van der Waals surface area contributed by atoms with Crippen LogP contribution in [0.1, 0.15) is 23.1 Å². The Morgan fingerprint density at radius 2 is 1.70 bits per heavy atom. The summed E-state index contributed by atoms with van der Waals surface area (Å²) in [6, 6.07) is 17.9. The SMILES string of the molecule is CNC(=O)/C(NC(=S)c1ccccc1)=C1\CCc2ccccc21. The quantitative estimate of drug-likeness (QED) is 0.674. The van der Waals surface area contributed by atoms with E-state index < -0.39 is 0 Å². The number of rotatable bonds is 3. The fourth-order valence-electron chi connectivity index (χ4n) is 2.86. The molecule has 23 heavy (non-hydrogen) atoms. The molecule has 0 bridgehead atoms. The van der Waals surface area contributed by atoms with Gasteiger partial charge in [0.05, 0.1) is 0 Å². The predicted molar refractivity (Wildman–Crippen MR) is 97.0 cm³/mol. The summed E-state index contributed by atoms with van der Waals surface area (Å²) in [4.78, 5) is 12.9. The van der Waals surface area contributed by atoms with E-state index in [1.807, 2.05) is 42.5 Å². The zero-order chi connectivity index (χ0) is 16.2. The Morgan fingerprint density at radius 1 is 1.00 bits per heavy atom. The number of amides is 1. The maximum Gasteiger partial charge on any atom is 0.267 e. The molecule has 3 nitrogen and oxygen atoms in total. The van der Waals surface area contributed by atoms with Gasteiger partial charge in [0.15, 0.2) is 0 Å². The molecule has 2 aromatic carbocycles. The van der Waals surface area contributed by atoms with Gasteiger partial charge in [-0.05, 0) is 29.5 Å². The van der Waals surface area contributed by atoms with Crippen molar-refractivity contribution < 1.29 is 4.79 Å². The van der Waals surface area contributed by atoms with Crippen LogP contribution in [0.4, 0.5) is 0 Å². The Labute approximate surface area is 141 Å². The van der Waals surface area contributed by atoms with E-state index >= 15 is 0 Å². The average molecular weight is 322 g/mol. The second-order valence-corrected chi connectivity index (χ2v) is 5.82. The maximum atomic E-state index is 12.4. The van der Waals surface area contributed by atoms with E-state index in [1.54, 1.807) is 7.05 Å². The zero-order valence-electron chi connectivity index (χ0n) is 12.9. The van der Waals surface area contributed by atoms with Crippen molar-refractivity contribution in [2.75, 3.05) is 7.05 Å². The van der Waals surface area contributed by atoms with E-state index in [-0.39, 0.29) is 5.91 Å². The Kier molecular flexibility index (Phi) is 4.53. The predicted octanol–water partition coefficient (Wildman–Crippen LogP) is 3.06. The lowest BCUT2D eigenvalue weighted by atomic mass is 10.0. The second kappa shape index (κ2) is 6.75. The van der Waals surface area contributed by atoms with E-state index in [4.69, 9.17) is 12.2 Å². The first-order chi connectivity index (χ1) is 11.2. The van der Waals surface area contributed by atoms with E-state index in [1.165, 1.54) is 5.56 Å². The Balaban J connectivity index is 1.99.